The molecule has 0 unspecified atom stereocenters. The van der Waals surface area contributed by atoms with Gasteiger partial charge in [-0.2, -0.15) is 0 Å². The molecule has 0 heterocycles. The predicted octanol–water partition coefficient (Wildman–Crippen LogP) is 4.45. The fourth-order valence-corrected chi connectivity index (χ4v) is 3.27. The third kappa shape index (κ3) is 7.79. The Morgan fingerprint density at radius 3 is 2.32 bits per heavy atom. The first-order chi connectivity index (χ1) is 14.6. The molecule has 2 amide bonds. The van der Waals surface area contributed by atoms with E-state index in [1.165, 1.54) is 0 Å². The van der Waals surface area contributed by atoms with Crippen molar-refractivity contribution in [2.24, 2.45) is 0 Å². The second kappa shape index (κ2) is 11.0. The molecule has 2 aromatic carbocycles. The van der Waals surface area contributed by atoms with Gasteiger partial charge in [0, 0.05) is 17.1 Å². The van der Waals surface area contributed by atoms with Gasteiger partial charge in [-0.05, 0) is 63.1 Å². The van der Waals surface area contributed by atoms with E-state index < -0.39 is 11.6 Å². The van der Waals surface area contributed by atoms with Gasteiger partial charge in [0.1, 0.15) is 17.5 Å². The number of ether oxygens (including phenoxy) is 2. The van der Waals surface area contributed by atoms with Crippen molar-refractivity contribution in [3.8, 4) is 11.5 Å². The molecule has 0 saturated heterocycles. The van der Waals surface area contributed by atoms with E-state index in [0.29, 0.717) is 17.2 Å². The van der Waals surface area contributed by atoms with Gasteiger partial charge < -0.3 is 19.7 Å². The first kappa shape index (κ1) is 24.5. The van der Waals surface area contributed by atoms with Gasteiger partial charge in [-0.15, -0.1) is 0 Å². The number of carbonyl (C=O) groups is 2. The molecule has 1 N–H and O–H groups in total. The predicted molar refractivity (Wildman–Crippen MR) is 122 cm³/mol. The quantitative estimate of drug-likeness (QED) is 0.617. The zero-order valence-corrected chi connectivity index (χ0v) is 19.5. The highest BCUT2D eigenvalue weighted by Gasteiger charge is 2.30. The van der Waals surface area contributed by atoms with Crippen molar-refractivity contribution in [1.29, 1.82) is 0 Å². The van der Waals surface area contributed by atoms with E-state index >= 15 is 0 Å². The minimum atomic E-state index is -0.628. The van der Waals surface area contributed by atoms with Crippen LogP contribution in [-0.4, -0.2) is 42.0 Å². The molecule has 168 valence electrons. The molecule has 2 aromatic rings. The summed E-state index contributed by atoms with van der Waals surface area (Å²) in [5.41, 5.74) is 0.482. The van der Waals surface area contributed by atoms with Crippen LogP contribution in [0.5, 0.6) is 11.5 Å². The SMILES string of the molecule is CC[C@H](C(=O)NC(C)(C)C)N(Cc1ccc(OC)cc1)C(=O)COc1cccc(Cl)c1. The highest BCUT2D eigenvalue weighted by molar-refractivity contribution is 6.30. The average Bonchev–Trinajstić information content (AvgIpc) is 2.71. The van der Waals surface area contributed by atoms with Crippen molar-refractivity contribution in [1.82, 2.24) is 10.2 Å². The lowest BCUT2D eigenvalue weighted by molar-refractivity contribution is -0.143. The Bertz CT molecular complexity index is 878. The number of rotatable bonds is 9. The summed E-state index contributed by atoms with van der Waals surface area (Å²) < 4.78 is 10.9. The maximum atomic E-state index is 13.2. The molecule has 0 saturated carbocycles. The summed E-state index contributed by atoms with van der Waals surface area (Å²) in [6, 6.07) is 13.7. The van der Waals surface area contributed by atoms with Crippen LogP contribution in [0, 0.1) is 0 Å². The second-order valence-corrected chi connectivity index (χ2v) is 8.72. The van der Waals surface area contributed by atoms with E-state index in [0.717, 1.165) is 11.3 Å². The van der Waals surface area contributed by atoms with Gasteiger partial charge in [-0.1, -0.05) is 36.7 Å². The summed E-state index contributed by atoms with van der Waals surface area (Å²) in [4.78, 5) is 27.7. The molecule has 0 fully saturated rings. The third-order valence-corrected chi connectivity index (χ3v) is 4.79. The van der Waals surface area contributed by atoms with Crippen molar-refractivity contribution >= 4 is 23.4 Å². The van der Waals surface area contributed by atoms with E-state index in [2.05, 4.69) is 5.32 Å². The summed E-state index contributed by atoms with van der Waals surface area (Å²) in [7, 11) is 1.60. The van der Waals surface area contributed by atoms with Gasteiger partial charge in [0.25, 0.3) is 5.91 Å². The molecule has 1 atom stereocenters. The first-order valence-electron chi connectivity index (χ1n) is 10.3. The Hall–Kier alpha value is -2.73. The Morgan fingerprint density at radius 2 is 1.77 bits per heavy atom. The molecule has 0 bridgehead atoms. The van der Waals surface area contributed by atoms with Crippen LogP contribution in [0.2, 0.25) is 5.02 Å². The maximum absolute atomic E-state index is 13.2. The van der Waals surface area contributed by atoms with Gasteiger partial charge >= 0.3 is 0 Å². The van der Waals surface area contributed by atoms with E-state index in [-0.39, 0.29) is 25.0 Å². The smallest absolute Gasteiger partial charge is 0.261 e. The van der Waals surface area contributed by atoms with Crippen molar-refractivity contribution < 1.29 is 19.1 Å². The standard InChI is InChI=1S/C24H31ClN2O4/c1-6-21(23(29)26-24(2,3)4)27(15-17-10-12-19(30-5)13-11-17)22(28)16-31-20-9-7-8-18(25)14-20/h7-14,21H,6,15-16H2,1-5H3,(H,26,29)/t21-/m1/s1. The van der Waals surface area contributed by atoms with Crippen molar-refractivity contribution in [3.63, 3.8) is 0 Å². The number of hydrogen-bond acceptors (Lipinski definition) is 4. The third-order valence-electron chi connectivity index (χ3n) is 4.55. The highest BCUT2D eigenvalue weighted by Crippen LogP contribution is 2.19. The van der Waals surface area contributed by atoms with Crippen LogP contribution in [0.3, 0.4) is 0 Å². The Labute approximate surface area is 189 Å². The number of halogens is 1. The number of amides is 2. The summed E-state index contributed by atoms with van der Waals surface area (Å²) in [5, 5.41) is 3.50. The molecule has 31 heavy (non-hydrogen) atoms. The molecular formula is C24H31ClN2O4. The fraction of sp³-hybridized carbons (Fsp3) is 0.417. The molecule has 0 aliphatic carbocycles. The van der Waals surface area contributed by atoms with Gasteiger partial charge in [0.15, 0.2) is 6.61 Å². The number of nitrogens with one attached hydrogen (secondary N) is 1. The monoisotopic (exact) mass is 446 g/mol. The van der Waals surface area contributed by atoms with Crippen LogP contribution in [0.25, 0.3) is 0 Å². The number of nitrogens with zero attached hydrogens (tertiary/aromatic N) is 1. The Kier molecular flexibility index (Phi) is 8.75. The van der Waals surface area contributed by atoms with E-state index in [4.69, 9.17) is 21.1 Å². The molecular weight excluding hydrogens is 416 g/mol. The number of hydrogen-bond donors (Lipinski definition) is 1. The molecule has 0 aromatic heterocycles. The van der Waals surface area contributed by atoms with Crippen molar-refractivity contribution in [2.45, 2.75) is 52.2 Å². The molecule has 6 nitrogen and oxygen atoms in total. The molecule has 0 aliphatic rings. The summed E-state index contributed by atoms with van der Waals surface area (Å²) >= 11 is 5.99. The number of methoxy groups -OCH3 is 1. The van der Waals surface area contributed by atoms with Crippen molar-refractivity contribution in [3.05, 3.63) is 59.1 Å². The minimum absolute atomic E-state index is 0.195. The largest absolute Gasteiger partial charge is 0.497 e. The molecule has 0 aliphatic heterocycles. The fourth-order valence-electron chi connectivity index (χ4n) is 3.08. The molecule has 2 rings (SSSR count). The Balaban J connectivity index is 2.23. The van der Waals surface area contributed by atoms with Crippen LogP contribution < -0.4 is 14.8 Å². The van der Waals surface area contributed by atoms with Crippen LogP contribution in [0.4, 0.5) is 0 Å². The van der Waals surface area contributed by atoms with Gasteiger partial charge in [-0.25, -0.2) is 0 Å². The van der Waals surface area contributed by atoms with Crippen molar-refractivity contribution in [2.75, 3.05) is 13.7 Å². The van der Waals surface area contributed by atoms with Crippen LogP contribution in [-0.2, 0) is 16.1 Å². The molecule has 0 radical (unpaired) electrons. The molecule has 0 spiro atoms. The van der Waals surface area contributed by atoms with Crippen LogP contribution in [0.15, 0.2) is 48.5 Å². The van der Waals surface area contributed by atoms with Gasteiger partial charge in [0.2, 0.25) is 5.91 Å². The zero-order valence-electron chi connectivity index (χ0n) is 18.8. The highest BCUT2D eigenvalue weighted by atomic mass is 35.5. The maximum Gasteiger partial charge on any atom is 0.261 e. The lowest BCUT2D eigenvalue weighted by Crippen LogP contribution is -2.54. The van der Waals surface area contributed by atoms with Gasteiger partial charge in [-0.3, -0.25) is 9.59 Å². The summed E-state index contributed by atoms with van der Waals surface area (Å²) in [5.74, 6) is 0.743. The first-order valence-corrected chi connectivity index (χ1v) is 10.6. The van der Waals surface area contributed by atoms with Gasteiger partial charge in [0.05, 0.1) is 7.11 Å². The van der Waals surface area contributed by atoms with E-state index in [9.17, 15) is 9.59 Å². The second-order valence-electron chi connectivity index (χ2n) is 8.28. The number of carbonyl (C=O) groups excluding carboxylic acids is 2. The normalized spacial score (nSPS) is 12.1. The van der Waals surface area contributed by atoms with E-state index in [1.807, 2.05) is 52.0 Å². The van der Waals surface area contributed by atoms with Crippen LogP contribution in [0.1, 0.15) is 39.7 Å². The summed E-state index contributed by atoms with van der Waals surface area (Å²) in [6.45, 7) is 7.70. The average molecular weight is 447 g/mol. The van der Waals surface area contributed by atoms with Crippen LogP contribution >= 0.6 is 11.6 Å². The zero-order chi connectivity index (χ0) is 23.0. The summed E-state index contributed by atoms with van der Waals surface area (Å²) in [6.07, 6.45) is 0.473. The lowest BCUT2D eigenvalue weighted by atomic mass is 10.1. The topological polar surface area (TPSA) is 67.9 Å². The lowest BCUT2D eigenvalue weighted by Gasteiger charge is -2.33. The number of benzene rings is 2. The van der Waals surface area contributed by atoms with E-state index in [1.54, 1.807) is 36.3 Å². The molecule has 7 heteroatoms. The minimum Gasteiger partial charge on any atom is -0.497 e. The Morgan fingerprint density at radius 1 is 1.10 bits per heavy atom.